The Labute approximate surface area is 169 Å². The number of halogens is 3. The summed E-state index contributed by atoms with van der Waals surface area (Å²) >= 11 is 0. The van der Waals surface area contributed by atoms with E-state index in [0.29, 0.717) is 0 Å². The second-order valence-electron chi connectivity index (χ2n) is 6.54. The zero-order valence-electron chi connectivity index (χ0n) is 15.6. The van der Waals surface area contributed by atoms with E-state index >= 15 is 0 Å². The van der Waals surface area contributed by atoms with Gasteiger partial charge in [0.1, 0.15) is 12.6 Å². The summed E-state index contributed by atoms with van der Waals surface area (Å²) in [6.07, 6.45) is -2.80. The molecule has 0 saturated heterocycles. The van der Waals surface area contributed by atoms with Crippen LogP contribution >= 0.6 is 0 Å². The van der Waals surface area contributed by atoms with Crippen LogP contribution in [0.2, 0.25) is 0 Å². The van der Waals surface area contributed by atoms with Crippen LogP contribution in [0.15, 0.2) is 54.7 Å². The van der Waals surface area contributed by atoms with Gasteiger partial charge in [0.15, 0.2) is 0 Å². The molecule has 0 aliphatic heterocycles. The van der Waals surface area contributed by atoms with Gasteiger partial charge in [-0.3, -0.25) is 9.59 Å². The lowest BCUT2D eigenvalue weighted by molar-refractivity contribution is -0.137. The molecule has 9 heteroatoms. The molecule has 1 aromatic heterocycles. The van der Waals surface area contributed by atoms with Crippen LogP contribution in [-0.2, 0) is 17.4 Å². The van der Waals surface area contributed by atoms with Gasteiger partial charge in [-0.15, -0.1) is 0 Å². The van der Waals surface area contributed by atoms with E-state index in [2.05, 4.69) is 15.6 Å². The number of carbonyl (C=O) groups is 2. The Bertz CT molecular complexity index is 1120. The summed E-state index contributed by atoms with van der Waals surface area (Å²) in [5.74, 6) is -1.43. The van der Waals surface area contributed by atoms with Crippen LogP contribution < -0.4 is 10.6 Å². The van der Waals surface area contributed by atoms with Crippen molar-refractivity contribution in [1.82, 2.24) is 15.6 Å². The lowest BCUT2D eigenvalue weighted by atomic mass is 10.0. The number of alkyl halides is 3. The van der Waals surface area contributed by atoms with Crippen molar-refractivity contribution in [2.45, 2.75) is 18.6 Å². The third-order valence-electron chi connectivity index (χ3n) is 4.51. The van der Waals surface area contributed by atoms with Crippen molar-refractivity contribution in [3.05, 3.63) is 71.4 Å². The number of amides is 2. The summed E-state index contributed by atoms with van der Waals surface area (Å²) < 4.78 is 38.8. The largest absolute Gasteiger partial charge is 0.416 e. The first-order valence-electron chi connectivity index (χ1n) is 8.97. The van der Waals surface area contributed by atoms with Crippen molar-refractivity contribution in [2.75, 3.05) is 6.54 Å². The molecule has 3 N–H and O–H groups in total. The molecule has 0 spiro atoms. The van der Waals surface area contributed by atoms with E-state index in [-0.39, 0.29) is 18.5 Å². The van der Waals surface area contributed by atoms with E-state index < -0.39 is 29.6 Å². The molecule has 30 heavy (non-hydrogen) atoms. The smallest absolute Gasteiger partial charge is 0.361 e. The highest BCUT2D eigenvalue weighted by molar-refractivity contribution is 5.98. The highest BCUT2D eigenvalue weighted by atomic mass is 19.4. The number of para-hydroxylation sites is 1. The zero-order chi connectivity index (χ0) is 21.7. The number of aromatic amines is 1. The Morgan fingerprint density at radius 1 is 1.13 bits per heavy atom. The van der Waals surface area contributed by atoms with E-state index in [1.54, 1.807) is 12.3 Å². The number of hydrogen-bond acceptors (Lipinski definition) is 3. The molecule has 154 valence electrons. The van der Waals surface area contributed by atoms with Crippen LogP contribution in [0, 0.1) is 11.3 Å². The predicted molar refractivity (Wildman–Crippen MR) is 103 cm³/mol. The number of hydrogen-bond donors (Lipinski definition) is 3. The molecule has 0 aliphatic rings. The number of benzene rings is 2. The number of fused-ring (bicyclic) bond motifs is 1. The number of nitrogens with zero attached hydrogens (tertiary/aromatic N) is 1. The number of nitrogens with one attached hydrogen (secondary N) is 3. The van der Waals surface area contributed by atoms with Gasteiger partial charge in [-0.25, -0.2) is 0 Å². The average molecular weight is 414 g/mol. The number of aromatic nitrogens is 1. The predicted octanol–water partition coefficient (Wildman–Crippen LogP) is 3.17. The van der Waals surface area contributed by atoms with E-state index in [0.717, 1.165) is 34.7 Å². The molecule has 1 unspecified atom stereocenters. The van der Waals surface area contributed by atoms with Crippen LogP contribution in [0.3, 0.4) is 0 Å². The summed E-state index contributed by atoms with van der Waals surface area (Å²) in [5, 5.41) is 14.4. The topological polar surface area (TPSA) is 97.8 Å². The number of nitriles is 1. The van der Waals surface area contributed by atoms with E-state index in [1.807, 2.05) is 24.3 Å². The second kappa shape index (κ2) is 8.69. The Morgan fingerprint density at radius 2 is 1.90 bits per heavy atom. The highest BCUT2D eigenvalue weighted by Gasteiger charge is 2.31. The maximum Gasteiger partial charge on any atom is 0.416 e. The Morgan fingerprint density at radius 3 is 2.63 bits per heavy atom. The molecule has 2 aromatic carbocycles. The third kappa shape index (κ3) is 4.78. The molecular weight excluding hydrogens is 397 g/mol. The Kier molecular flexibility index (Phi) is 6.06. The first kappa shape index (κ1) is 20.9. The van der Waals surface area contributed by atoms with Crippen molar-refractivity contribution in [1.29, 1.82) is 5.26 Å². The monoisotopic (exact) mass is 414 g/mol. The van der Waals surface area contributed by atoms with Crippen LogP contribution in [0.5, 0.6) is 0 Å². The molecule has 1 heterocycles. The van der Waals surface area contributed by atoms with Crippen molar-refractivity contribution in [3.63, 3.8) is 0 Å². The lowest BCUT2D eigenvalue weighted by Crippen LogP contribution is -2.48. The van der Waals surface area contributed by atoms with Crippen LogP contribution in [0.4, 0.5) is 13.2 Å². The molecule has 3 aromatic rings. The minimum Gasteiger partial charge on any atom is -0.361 e. The first-order valence-corrected chi connectivity index (χ1v) is 8.97. The third-order valence-corrected chi connectivity index (χ3v) is 4.51. The molecule has 0 aliphatic carbocycles. The van der Waals surface area contributed by atoms with Gasteiger partial charge in [0, 0.05) is 29.1 Å². The fraction of sp³-hybridized carbons (Fsp3) is 0.190. The van der Waals surface area contributed by atoms with Gasteiger partial charge in [-0.05, 0) is 29.8 Å². The van der Waals surface area contributed by atoms with E-state index in [4.69, 9.17) is 5.26 Å². The van der Waals surface area contributed by atoms with Gasteiger partial charge in [0.2, 0.25) is 5.91 Å². The standard InChI is InChI=1S/C21H17F3N4O2/c22-21(23,24)15-5-3-4-13(10-15)19(29)28-18(20(30)26-9-8-25)11-14-12-27-17-7-2-1-6-16(14)17/h1-7,10,12,18,27H,9,11H2,(H,26,30)(H,28,29). The van der Waals surface area contributed by atoms with Crippen LogP contribution in [0.1, 0.15) is 21.5 Å². The molecule has 2 amide bonds. The van der Waals surface area contributed by atoms with Crippen LogP contribution in [0.25, 0.3) is 10.9 Å². The molecule has 6 nitrogen and oxygen atoms in total. The van der Waals surface area contributed by atoms with Gasteiger partial charge in [0.05, 0.1) is 11.6 Å². The molecule has 0 fully saturated rings. The average Bonchev–Trinajstić information content (AvgIpc) is 3.14. The van der Waals surface area contributed by atoms with Crippen LogP contribution in [-0.4, -0.2) is 29.4 Å². The van der Waals surface area contributed by atoms with Crippen molar-refractivity contribution < 1.29 is 22.8 Å². The minimum atomic E-state index is -4.59. The van der Waals surface area contributed by atoms with Crippen molar-refractivity contribution in [2.24, 2.45) is 0 Å². The zero-order valence-corrected chi connectivity index (χ0v) is 15.6. The molecule has 0 saturated carbocycles. The van der Waals surface area contributed by atoms with Crippen molar-refractivity contribution in [3.8, 4) is 6.07 Å². The highest BCUT2D eigenvalue weighted by Crippen LogP contribution is 2.29. The summed E-state index contributed by atoms with van der Waals surface area (Å²) in [5.41, 5.74) is 0.402. The first-order chi connectivity index (χ1) is 14.3. The summed E-state index contributed by atoms with van der Waals surface area (Å²) in [6, 6.07) is 12.0. The SMILES string of the molecule is N#CCNC(=O)C(Cc1c[nH]c2ccccc12)NC(=O)c1cccc(C(F)(F)F)c1. The minimum absolute atomic E-state index is 0.0893. The number of carbonyl (C=O) groups excluding carboxylic acids is 2. The fourth-order valence-electron chi connectivity index (χ4n) is 3.06. The molecule has 0 bridgehead atoms. The summed E-state index contributed by atoms with van der Waals surface area (Å²) in [4.78, 5) is 28.1. The Balaban J connectivity index is 1.85. The van der Waals surface area contributed by atoms with Gasteiger partial charge in [0.25, 0.3) is 5.91 Å². The number of H-pyrrole nitrogens is 1. The van der Waals surface area contributed by atoms with E-state index in [9.17, 15) is 22.8 Å². The maximum atomic E-state index is 12.9. The summed E-state index contributed by atoms with van der Waals surface area (Å²) in [6.45, 7) is -0.261. The van der Waals surface area contributed by atoms with E-state index in [1.165, 1.54) is 6.07 Å². The second-order valence-corrected chi connectivity index (χ2v) is 6.54. The van der Waals surface area contributed by atoms with Gasteiger partial charge in [-0.2, -0.15) is 18.4 Å². The lowest BCUT2D eigenvalue weighted by Gasteiger charge is -2.18. The van der Waals surface area contributed by atoms with Gasteiger partial charge < -0.3 is 15.6 Å². The molecular formula is C21H17F3N4O2. The maximum absolute atomic E-state index is 12.9. The number of rotatable bonds is 6. The molecule has 1 atom stereocenters. The molecule has 3 rings (SSSR count). The molecule has 0 radical (unpaired) electrons. The normalized spacial score (nSPS) is 12.2. The quantitative estimate of drug-likeness (QED) is 0.541. The Hall–Kier alpha value is -3.80. The fourth-order valence-corrected chi connectivity index (χ4v) is 3.06. The van der Waals surface area contributed by atoms with Gasteiger partial charge >= 0.3 is 6.18 Å². The van der Waals surface area contributed by atoms with Crippen molar-refractivity contribution >= 4 is 22.7 Å². The summed E-state index contributed by atoms with van der Waals surface area (Å²) in [7, 11) is 0. The van der Waals surface area contributed by atoms with Gasteiger partial charge in [-0.1, -0.05) is 24.3 Å².